The van der Waals surface area contributed by atoms with Crippen LogP contribution in [0, 0.1) is 0 Å². The molecule has 17 rings (SSSR count). The zero-order valence-corrected chi connectivity index (χ0v) is 42.6. The molecule has 0 aliphatic heterocycles. The molecule has 78 heavy (non-hydrogen) atoms. The van der Waals surface area contributed by atoms with E-state index in [0.717, 1.165) is 0 Å². The minimum Gasteiger partial charge on any atom is -0.0616 e. The van der Waals surface area contributed by atoms with Crippen LogP contribution in [0.1, 0.15) is 0 Å². The van der Waals surface area contributed by atoms with Crippen LogP contribution in [0.15, 0.2) is 279 Å². The number of hydrogen-bond donors (Lipinski definition) is 0. The van der Waals surface area contributed by atoms with E-state index in [9.17, 15) is 0 Å². The highest BCUT2D eigenvalue weighted by Crippen LogP contribution is 2.52. The summed E-state index contributed by atoms with van der Waals surface area (Å²) < 4.78 is 0. The highest BCUT2D eigenvalue weighted by atomic mass is 14.3. The topological polar surface area (TPSA) is 0 Å². The van der Waals surface area contributed by atoms with Gasteiger partial charge in [-0.15, -0.1) is 0 Å². The van der Waals surface area contributed by atoms with Crippen molar-refractivity contribution in [2.24, 2.45) is 0 Å². The molecule has 0 N–H and O–H groups in total. The van der Waals surface area contributed by atoms with Crippen molar-refractivity contribution >= 4 is 129 Å². The summed E-state index contributed by atoms with van der Waals surface area (Å²) in [4.78, 5) is 0. The lowest BCUT2D eigenvalue weighted by Gasteiger charge is -2.23. The molecular formula is C78H46. The summed E-state index contributed by atoms with van der Waals surface area (Å²) in [5.74, 6) is 0. The van der Waals surface area contributed by atoms with Gasteiger partial charge in [-0.3, -0.25) is 0 Å². The zero-order valence-electron chi connectivity index (χ0n) is 42.6. The van der Waals surface area contributed by atoms with E-state index in [1.54, 1.807) is 0 Å². The zero-order chi connectivity index (χ0) is 51.0. The second-order valence-electron chi connectivity index (χ2n) is 21.4. The van der Waals surface area contributed by atoms with Crippen molar-refractivity contribution in [2.75, 3.05) is 0 Å². The van der Waals surface area contributed by atoms with Crippen LogP contribution in [0.25, 0.3) is 174 Å². The first-order valence-corrected chi connectivity index (χ1v) is 27.2. The van der Waals surface area contributed by atoms with E-state index in [4.69, 9.17) is 0 Å². The summed E-state index contributed by atoms with van der Waals surface area (Å²) in [6.45, 7) is 0. The van der Waals surface area contributed by atoms with E-state index in [1.165, 1.54) is 174 Å². The molecule has 0 heteroatoms. The molecule has 0 saturated carbocycles. The van der Waals surface area contributed by atoms with Crippen LogP contribution in [0.5, 0.6) is 0 Å². The van der Waals surface area contributed by atoms with Crippen LogP contribution in [0.2, 0.25) is 0 Å². The molecule has 0 unspecified atom stereocenters. The van der Waals surface area contributed by atoms with Gasteiger partial charge in [-0.05, 0) is 210 Å². The van der Waals surface area contributed by atoms with Gasteiger partial charge in [0, 0.05) is 0 Å². The maximum atomic E-state index is 2.54. The van der Waals surface area contributed by atoms with Gasteiger partial charge in [-0.25, -0.2) is 0 Å². The van der Waals surface area contributed by atoms with Gasteiger partial charge in [0.15, 0.2) is 0 Å². The van der Waals surface area contributed by atoms with E-state index in [0.29, 0.717) is 0 Å². The van der Waals surface area contributed by atoms with Crippen molar-refractivity contribution in [1.29, 1.82) is 0 Å². The van der Waals surface area contributed by atoms with E-state index < -0.39 is 0 Å². The molecule has 0 fully saturated rings. The molecule has 0 heterocycles. The average molecular weight is 983 g/mol. The second-order valence-corrected chi connectivity index (χ2v) is 21.4. The van der Waals surface area contributed by atoms with Crippen LogP contribution in [-0.2, 0) is 0 Å². The quantitative estimate of drug-likeness (QED) is 0.122. The Morgan fingerprint density at radius 1 is 0.141 bits per heavy atom. The Morgan fingerprint density at radius 3 is 0.795 bits per heavy atom. The Kier molecular flexibility index (Phi) is 9.22. The lowest BCUT2D eigenvalue weighted by atomic mass is 9.80. The fraction of sp³-hybridized carbons (Fsp3) is 0. The van der Waals surface area contributed by atoms with Crippen molar-refractivity contribution in [3.05, 3.63) is 279 Å². The van der Waals surface area contributed by atoms with Crippen molar-refractivity contribution in [3.63, 3.8) is 0 Å². The Hall–Kier alpha value is -10.1. The van der Waals surface area contributed by atoms with E-state index in [-0.39, 0.29) is 0 Å². The van der Waals surface area contributed by atoms with E-state index in [2.05, 4.69) is 279 Å². The highest BCUT2D eigenvalue weighted by molar-refractivity contribution is 6.37. The molecule has 0 radical (unpaired) electrons. The molecule has 0 amide bonds. The molecule has 358 valence electrons. The maximum absolute atomic E-state index is 2.54. The summed E-state index contributed by atoms with van der Waals surface area (Å²) in [5.41, 5.74) is 9.73. The van der Waals surface area contributed by atoms with Crippen LogP contribution in [-0.4, -0.2) is 0 Å². The molecule has 17 aromatic carbocycles. The normalized spacial score (nSPS) is 12.1. The number of rotatable bonds is 4. The Labute approximate surface area is 450 Å². The number of benzene rings is 17. The van der Waals surface area contributed by atoms with Gasteiger partial charge < -0.3 is 0 Å². The van der Waals surface area contributed by atoms with Crippen LogP contribution in [0.3, 0.4) is 0 Å². The molecule has 0 nitrogen and oxygen atoms in total. The van der Waals surface area contributed by atoms with Crippen molar-refractivity contribution in [3.8, 4) is 44.5 Å². The highest BCUT2D eigenvalue weighted by Gasteiger charge is 2.25. The summed E-state index contributed by atoms with van der Waals surface area (Å²) in [5, 5.41) is 30.2. The monoisotopic (exact) mass is 982 g/mol. The van der Waals surface area contributed by atoms with Gasteiger partial charge in [-0.1, -0.05) is 243 Å². The average Bonchev–Trinajstić information content (AvgIpc) is 3.70. The largest absolute Gasteiger partial charge is 0.0616 e. The van der Waals surface area contributed by atoms with Gasteiger partial charge in [0.1, 0.15) is 0 Å². The molecule has 0 saturated heterocycles. The van der Waals surface area contributed by atoms with Gasteiger partial charge in [0.05, 0.1) is 0 Å². The van der Waals surface area contributed by atoms with Crippen molar-refractivity contribution < 1.29 is 0 Å². The first-order valence-electron chi connectivity index (χ1n) is 27.2. The molecular weight excluding hydrogens is 937 g/mol. The predicted octanol–water partition coefficient (Wildman–Crippen LogP) is 22.2. The Bertz CT molecular complexity index is 5100. The Balaban J connectivity index is 1.08. The van der Waals surface area contributed by atoms with Gasteiger partial charge in [0.25, 0.3) is 0 Å². The predicted molar refractivity (Wildman–Crippen MR) is 338 cm³/mol. The lowest BCUT2D eigenvalue weighted by Crippen LogP contribution is -1.95. The molecule has 0 spiro atoms. The fourth-order valence-corrected chi connectivity index (χ4v) is 13.9. The number of fused-ring (bicyclic) bond motifs is 20. The van der Waals surface area contributed by atoms with Crippen LogP contribution < -0.4 is 0 Å². The summed E-state index contributed by atoms with van der Waals surface area (Å²) in [6.07, 6.45) is 0. The van der Waals surface area contributed by atoms with E-state index in [1.807, 2.05) is 0 Å². The lowest BCUT2D eigenvalue weighted by molar-refractivity contribution is 1.66. The molecule has 0 aliphatic carbocycles. The van der Waals surface area contributed by atoms with Crippen molar-refractivity contribution in [2.45, 2.75) is 0 Å². The van der Waals surface area contributed by atoms with E-state index >= 15 is 0 Å². The third kappa shape index (κ3) is 6.29. The van der Waals surface area contributed by atoms with Crippen LogP contribution in [0.4, 0.5) is 0 Å². The Morgan fingerprint density at radius 2 is 0.410 bits per heavy atom. The third-order valence-electron chi connectivity index (χ3n) is 17.3. The summed E-state index contributed by atoms with van der Waals surface area (Å²) >= 11 is 0. The summed E-state index contributed by atoms with van der Waals surface area (Å²) in [7, 11) is 0. The number of hydrogen-bond acceptors (Lipinski definition) is 0. The third-order valence-corrected chi connectivity index (χ3v) is 17.3. The first-order chi connectivity index (χ1) is 38.7. The molecule has 0 aliphatic rings. The SMILES string of the molecule is c1ccc2cc(-c3ccc4c(-c5cc6c7ccccc7c7ccccc7c6c6ccccc56)c5cc(-c6ccc7ccccc7c6)ccc5c(-c5cc6c7ccccc7c7ccccc7c6c6ccccc56)c4c3)ccc2c1. The maximum Gasteiger partial charge on any atom is -0.00197 e. The van der Waals surface area contributed by atoms with Crippen molar-refractivity contribution in [1.82, 2.24) is 0 Å². The minimum absolute atomic E-state index is 1.19. The van der Waals surface area contributed by atoms with Gasteiger partial charge in [0.2, 0.25) is 0 Å². The standard InChI is InChI=1S/C78H46/c1-3-19-49-41-51(35-33-47(49)17-1)53-37-39-67-69(43-53)77(73-45-71-59-25-7-5-21-55(59)57-23-9-13-29-63(57)75(71)65-31-15-11-27-61(65)73)68-40-38-54(52-36-34-48-18-2-4-20-50(48)42-52)44-70(68)78(67)74-46-72-60-26-8-6-22-56(60)58-24-10-14-30-64(58)76(72)66-32-16-12-28-62(66)74/h1-46H. The fourth-order valence-electron chi connectivity index (χ4n) is 13.9. The molecule has 0 atom stereocenters. The van der Waals surface area contributed by atoms with Crippen LogP contribution >= 0.6 is 0 Å². The molecule has 17 aromatic rings. The minimum atomic E-state index is 1.19. The van der Waals surface area contributed by atoms with Gasteiger partial charge >= 0.3 is 0 Å². The molecule has 0 aromatic heterocycles. The second kappa shape index (κ2) is 16.7. The smallest absolute Gasteiger partial charge is 0.00197 e. The van der Waals surface area contributed by atoms with Gasteiger partial charge in [-0.2, -0.15) is 0 Å². The first kappa shape index (κ1) is 43.1. The molecule has 0 bridgehead atoms. The summed E-state index contributed by atoms with van der Waals surface area (Å²) in [6, 6.07) is 105.